The van der Waals surface area contributed by atoms with Gasteiger partial charge in [-0.05, 0) is 30.5 Å². The molecule has 0 aliphatic heterocycles. The summed E-state index contributed by atoms with van der Waals surface area (Å²) in [5, 5.41) is 13.6. The van der Waals surface area contributed by atoms with E-state index in [2.05, 4.69) is 20.6 Å². The molecule has 2 atom stereocenters. The summed E-state index contributed by atoms with van der Waals surface area (Å²) in [5.41, 5.74) is 13.8. The van der Waals surface area contributed by atoms with E-state index in [-0.39, 0.29) is 18.1 Å². The first kappa shape index (κ1) is 30.7. The smallest absolute Gasteiger partial charge is 0.475 e. The summed E-state index contributed by atoms with van der Waals surface area (Å²) in [5.74, 6) is -3.39. The second kappa shape index (κ2) is 14.0. The average molecular weight is 573 g/mol. The highest BCUT2D eigenvalue weighted by molar-refractivity contribution is 6.03. The van der Waals surface area contributed by atoms with Crippen molar-refractivity contribution in [1.29, 1.82) is 0 Å². The van der Waals surface area contributed by atoms with Crippen LogP contribution in [-0.4, -0.2) is 51.6 Å². The number of pyridine rings is 1. The largest absolute Gasteiger partial charge is 0.490 e. The fourth-order valence-electron chi connectivity index (χ4n) is 3.49. The number of fused-ring (bicyclic) bond motifs is 1. The monoisotopic (exact) mass is 572 g/mol. The lowest BCUT2D eigenvalue weighted by atomic mass is 10.0. The zero-order chi connectivity index (χ0) is 30.0. The van der Waals surface area contributed by atoms with Crippen LogP contribution in [0.4, 0.5) is 18.9 Å². The molecule has 0 unspecified atom stereocenters. The molecule has 2 heterocycles. The van der Waals surface area contributed by atoms with E-state index in [0.717, 1.165) is 16.5 Å². The zero-order valence-corrected chi connectivity index (χ0v) is 21.5. The van der Waals surface area contributed by atoms with Crippen LogP contribution >= 0.6 is 0 Å². The van der Waals surface area contributed by atoms with Crippen LogP contribution in [0.2, 0.25) is 0 Å². The molecule has 41 heavy (non-hydrogen) atoms. The number of aliphatic carboxylic acids is 1. The Hall–Kier alpha value is -4.82. The maximum absolute atomic E-state index is 12.8. The fraction of sp³-hybridized carbons (Fsp3) is 0.222. The minimum atomic E-state index is -5.08. The molecule has 0 aliphatic carbocycles. The maximum Gasteiger partial charge on any atom is 0.490 e. The summed E-state index contributed by atoms with van der Waals surface area (Å²) in [4.78, 5) is 42.7. The number of benzene rings is 2. The van der Waals surface area contributed by atoms with Crippen molar-refractivity contribution in [2.45, 2.75) is 31.1 Å². The molecule has 0 saturated carbocycles. The Labute approximate surface area is 231 Å². The summed E-state index contributed by atoms with van der Waals surface area (Å²) in [6.45, 7) is 0.0102. The molecule has 0 radical (unpaired) electrons. The summed E-state index contributed by atoms with van der Waals surface area (Å²) < 4.78 is 37.3. The van der Waals surface area contributed by atoms with E-state index in [1.165, 1.54) is 6.26 Å². The molecule has 0 bridgehead atoms. The number of nitrogens with one attached hydrogen (secondary N) is 2. The first-order valence-corrected chi connectivity index (χ1v) is 12.2. The van der Waals surface area contributed by atoms with Gasteiger partial charge < -0.3 is 31.6 Å². The van der Waals surface area contributed by atoms with Crippen LogP contribution < -0.4 is 22.1 Å². The number of amides is 2. The quantitative estimate of drug-likeness (QED) is 0.201. The number of aryl methyl sites for hydroxylation is 1. The standard InChI is InChI=1S/C25H26N6O3.C2HF3O2/c26-13-19(27)23(32)30-21(11-10-16-6-2-1-3-7-16)25-31-22(15-34-25)24(33)29-18-12-17-8-4-5-9-20(17)28-14-18;3-2(4,5)1(6)7/h1-9,12,14-15,19,21H,10-11,13,26-27H2,(H,29,33)(H,30,32);(H,6,7)/t19-,21-;/m1./s1. The molecule has 2 aromatic heterocycles. The van der Waals surface area contributed by atoms with Crippen molar-refractivity contribution in [3.8, 4) is 0 Å². The van der Waals surface area contributed by atoms with Gasteiger partial charge in [-0.1, -0.05) is 48.5 Å². The highest BCUT2D eigenvalue weighted by Crippen LogP contribution is 2.21. The van der Waals surface area contributed by atoms with Crippen LogP contribution in [-0.2, 0) is 16.0 Å². The number of carbonyl (C=O) groups excluding carboxylic acids is 2. The summed E-state index contributed by atoms with van der Waals surface area (Å²) in [7, 11) is 0. The number of nitrogens with two attached hydrogens (primary N) is 2. The third kappa shape index (κ3) is 9.12. The number of carboxylic acid groups (broad SMARTS) is 1. The Balaban J connectivity index is 0.000000587. The SMILES string of the molecule is NC[C@@H](N)C(=O)N[C@H](CCc1ccccc1)c1nc(C(=O)Nc2cnc3ccccc3c2)co1.O=C(O)C(F)(F)F. The van der Waals surface area contributed by atoms with Crippen molar-refractivity contribution in [3.63, 3.8) is 0 Å². The molecule has 4 aromatic rings. The molecular weight excluding hydrogens is 545 g/mol. The van der Waals surface area contributed by atoms with E-state index < -0.39 is 36.0 Å². The Morgan fingerprint density at radius 3 is 2.37 bits per heavy atom. The molecule has 4 rings (SSSR count). The summed E-state index contributed by atoms with van der Waals surface area (Å²) in [6.07, 6.45) is -1.07. The minimum Gasteiger partial charge on any atom is -0.475 e. The number of aromatic nitrogens is 2. The number of hydrogen-bond acceptors (Lipinski definition) is 8. The van der Waals surface area contributed by atoms with E-state index in [9.17, 15) is 22.8 Å². The second-order valence-corrected chi connectivity index (χ2v) is 8.67. The number of alkyl halides is 3. The first-order valence-electron chi connectivity index (χ1n) is 12.2. The van der Waals surface area contributed by atoms with Gasteiger partial charge in [0.25, 0.3) is 5.91 Å². The highest BCUT2D eigenvalue weighted by atomic mass is 19.4. The number of anilines is 1. The minimum absolute atomic E-state index is 0.0102. The topological polar surface area (TPSA) is 186 Å². The summed E-state index contributed by atoms with van der Waals surface area (Å²) >= 11 is 0. The second-order valence-electron chi connectivity index (χ2n) is 8.67. The van der Waals surface area contributed by atoms with E-state index >= 15 is 0 Å². The lowest BCUT2D eigenvalue weighted by molar-refractivity contribution is -0.192. The number of nitrogens with zero attached hydrogens (tertiary/aromatic N) is 2. The lowest BCUT2D eigenvalue weighted by Gasteiger charge is -2.18. The number of rotatable bonds is 9. The van der Waals surface area contributed by atoms with Gasteiger partial charge in [0, 0.05) is 11.9 Å². The van der Waals surface area contributed by atoms with Crippen molar-refractivity contribution in [2.24, 2.45) is 11.5 Å². The molecule has 216 valence electrons. The van der Waals surface area contributed by atoms with Gasteiger partial charge in [0.2, 0.25) is 11.8 Å². The zero-order valence-electron chi connectivity index (χ0n) is 21.5. The van der Waals surface area contributed by atoms with Gasteiger partial charge >= 0.3 is 12.1 Å². The van der Waals surface area contributed by atoms with Gasteiger partial charge in [0.1, 0.15) is 12.3 Å². The van der Waals surface area contributed by atoms with E-state index in [0.29, 0.717) is 18.5 Å². The van der Waals surface area contributed by atoms with Crippen molar-refractivity contribution in [3.05, 3.63) is 90.3 Å². The molecule has 14 heteroatoms. The van der Waals surface area contributed by atoms with Crippen LogP contribution in [0.5, 0.6) is 0 Å². The van der Waals surface area contributed by atoms with Crippen LogP contribution in [0.25, 0.3) is 10.9 Å². The van der Waals surface area contributed by atoms with Gasteiger partial charge in [-0.25, -0.2) is 9.78 Å². The Morgan fingerprint density at radius 2 is 1.71 bits per heavy atom. The molecule has 11 nitrogen and oxygen atoms in total. The van der Waals surface area contributed by atoms with Crippen LogP contribution in [0.3, 0.4) is 0 Å². The van der Waals surface area contributed by atoms with E-state index in [1.807, 2.05) is 60.7 Å². The van der Waals surface area contributed by atoms with Crippen LogP contribution in [0, 0.1) is 0 Å². The molecule has 2 amide bonds. The van der Waals surface area contributed by atoms with Crippen molar-refractivity contribution < 1.29 is 37.1 Å². The molecule has 0 aliphatic rings. The predicted molar refractivity (Wildman–Crippen MR) is 143 cm³/mol. The third-order valence-electron chi connectivity index (χ3n) is 5.62. The first-order chi connectivity index (χ1) is 19.5. The Morgan fingerprint density at radius 1 is 1.05 bits per heavy atom. The van der Waals surface area contributed by atoms with Gasteiger partial charge in [-0.3, -0.25) is 14.6 Å². The molecule has 0 spiro atoms. The van der Waals surface area contributed by atoms with Crippen molar-refractivity contribution in [1.82, 2.24) is 15.3 Å². The number of hydrogen-bond donors (Lipinski definition) is 5. The van der Waals surface area contributed by atoms with Gasteiger partial charge in [0.15, 0.2) is 5.69 Å². The number of para-hydroxylation sites is 1. The average Bonchev–Trinajstić information content (AvgIpc) is 3.45. The number of oxazole rings is 1. The third-order valence-corrected chi connectivity index (χ3v) is 5.62. The fourth-order valence-corrected chi connectivity index (χ4v) is 3.49. The molecule has 0 fully saturated rings. The highest BCUT2D eigenvalue weighted by Gasteiger charge is 2.38. The molecule has 2 aromatic carbocycles. The van der Waals surface area contributed by atoms with Gasteiger partial charge in [-0.15, -0.1) is 0 Å². The van der Waals surface area contributed by atoms with E-state index in [1.54, 1.807) is 6.20 Å². The number of halogens is 3. The van der Waals surface area contributed by atoms with Crippen molar-refractivity contribution >= 4 is 34.4 Å². The van der Waals surface area contributed by atoms with Gasteiger partial charge in [-0.2, -0.15) is 13.2 Å². The Bertz CT molecular complexity index is 1480. The van der Waals surface area contributed by atoms with E-state index in [4.69, 9.17) is 25.8 Å². The maximum atomic E-state index is 12.8. The molecular formula is C27H27F3N6O5. The van der Waals surface area contributed by atoms with Crippen LogP contribution in [0.1, 0.15) is 34.4 Å². The van der Waals surface area contributed by atoms with Gasteiger partial charge in [0.05, 0.1) is 23.4 Å². The molecule has 7 N–H and O–H groups in total. The molecule has 0 saturated heterocycles. The van der Waals surface area contributed by atoms with Crippen molar-refractivity contribution in [2.75, 3.05) is 11.9 Å². The predicted octanol–water partition coefficient (Wildman–Crippen LogP) is 3.18. The van der Waals surface area contributed by atoms with Crippen LogP contribution in [0.15, 0.2) is 77.5 Å². The number of carboxylic acids is 1. The normalized spacial score (nSPS) is 12.5. The number of carbonyl (C=O) groups is 3. The summed E-state index contributed by atoms with van der Waals surface area (Å²) in [6, 6.07) is 17.8. The Kier molecular flexibility index (Phi) is 10.5. The lowest BCUT2D eigenvalue weighted by Crippen LogP contribution is -2.46.